The molecular formula is C16H18O2. The Morgan fingerprint density at radius 1 is 0.944 bits per heavy atom. The maximum Gasteiger partial charge on any atom is 0.122 e. The van der Waals surface area contributed by atoms with Gasteiger partial charge in [0.05, 0.1) is 7.11 Å². The number of phenols is 1. The molecule has 2 nitrogen and oxygen atoms in total. The van der Waals surface area contributed by atoms with Crippen molar-refractivity contribution >= 4 is 0 Å². The van der Waals surface area contributed by atoms with Crippen molar-refractivity contribution in [2.24, 2.45) is 0 Å². The van der Waals surface area contributed by atoms with Gasteiger partial charge in [0.15, 0.2) is 0 Å². The zero-order valence-corrected chi connectivity index (χ0v) is 10.8. The molecule has 1 N–H and O–H groups in total. The van der Waals surface area contributed by atoms with E-state index in [9.17, 15) is 5.11 Å². The number of methoxy groups -OCH3 is 1. The number of hydrogen-bond acceptors (Lipinski definition) is 2. The van der Waals surface area contributed by atoms with Crippen LogP contribution in [0.15, 0.2) is 42.5 Å². The van der Waals surface area contributed by atoms with Gasteiger partial charge in [0.25, 0.3) is 0 Å². The van der Waals surface area contributed by atoms with Gasteiger partial charge in [-0.05, 0) is 43.0 Å². The van der Waals surface area contributed by atoms with Crippen molar-refractivity contribution < 1.29 is 9.84 Å². The van der Waals surface area contributed by atoms with Crippen LogP contribution in [-0.4, -0.2) is 12.2 Å². The molecule has 2 aromatic rings. The van der Waals surface area contributed by atoms with Crippen LogP contribution in [0.25, 0.3) is 0 Å². The molecule has 94 valence electrons. The maximum atomic E-state index is 9.58. The van der Waals surface area contributed by atoms with E-state index in [1.165, 1.54) is 11.1 Å². The van der Waals surface area contributed by atoms with Gasteiger partial charge in [-0.2, -0.15) is 0 Å². The van der Waals surface area contributed by atoms with Crippen molar-refractivity contribution in [1.29, 1.82) is 0 Å². The first-order valence-corrected chi connectivity index (χ1v) is 6.10. The molecule has 2 heteroatoms. The van der Waals surface area contributed by atoms with E-state index in [2.05, 4.69) is 31.2 Å². The Hall–Kier alpha value is -1.96. The van der Waals surface area contributed by atoms with E-state index >= 15 is 0 Å². The lowest BCUT2D eigenvalue weighted by Gasteiger charge is -2.06. The summed E-state index contributed by atoms with van der Waals surface area (Å²) in [6.45, 7) is 2.09. The van der Waals surface area contributed by atoms with Crippen molar-refractivity contribution in [3.05, 3.63) is 59.2 Å². The Labute approximate surface area is 108 Å². The quantitative estimate of drug-likeness (QED) is 0.889. The minimum Gasteiger partial charge on any atom is -0.508 e. The molecule has 0 saturated carbocycles. The second kappa shape index (κ2) is 5.58. The molecule has 0 amide bonds. The number of ether oxygens (including phenoxy) is 1. The predicted molar refractivity (Wildman–Crippen MR) is 73.2 cm³/mol. The highest BCUT2D eigenvalue weighted by Gasteiger charge is 2.01. The van der Waals surface area contributed by atoms with Gasteiger partial charge in [-0.1, -0.05) is 29.8 Å². The van der Waals surface area contributed by atoms with Gasteiger partial charge in [-0.3, -0.25) is 0 Å². The Morgan fingerprint density at radius 2 is 1.61 bits per heavy atom. The molecule has 0 saturated heterocycles. The first kappa shape index (κ1) is 12.5. The molecule has 0 aromatic heterocycles. The normalized spacial score (nSPS) is 10.3. The summed E-state index contributed by atoms with van der Waals surface area (Å²) in [6.07, 6.45) is 1.86. The fourth-order valence-corrected chi connectivity index (χ4v) is 1.95. The minimum absolute atomic E-state index is 0.258. The first-order chi connectivity index (χ1) is 8.67. The molecule has 0 radical (unpaired) electrons. The third-order valence-electron chi connectivity index (χ3n) is 3.01. The lowest BCUT2D eigenvalue weighted by atomic mass is 10.0. The lowest BCUT2D eigenvalue weighted by molar-refractivity contribution is 0.407. The van der Waals surface area contributed by atoms with Crippen LogP contribution < -0.4 is 4.74 Å². The number of benzene rings is 2. The first-order valence-electron chi connectivity index (χ1n) is 6.10. The van der Waals surface area contributed by atoms with Gasteiger partial charge in [-0.25, -0.2) is 0 Å². The molecule has 0 heterocycles. The Kier molecular flexibility index (Phi) is 3.88. The van der Waals surface area contributed by atoms with E-state index in [0.29, 0.717) is 5.75 Å². The lowest BCUT2D eigenvalue weighted by Crippen LogP contribution is -1.93. The van der Waals surface area contributed by atoms with Crippen LogP contribution in [0.5, 0.6) is 11.5 Å². The molecule has 0 aliphatic rings. The molecule has 2 aromatic carbocycles. The van der Waals surface area contributed by atoms with Gasteiger partial charge < -0.3 is 9.84 Å². The maximum absolute atomic E-state index is 9.58. The Bertz CT molecular complexity index is 515. The van der Waals surface area contributed by atoms with Crippen LogP contribution in [0.4, 0.5) is 0 Å². The summed E-state index contributed by atoms with van der Waals surface area (Å²) in [5, 5.41) is 9.58. The van der Waals surface area contributed by atoms with Crippen LogP contribution in [-0.2, 0) is 12.8 Å². The molecule has 0 fully saturated rings. The van der Waals surface area contributed by atoms with Gasteiger partial charge in [0.1, 0.15) is 11.5 Å². The standard InChI is InChI=1S/C16H18O2/c1-12-3-5-13(6-4-12)7-8-14-9-15(17)11-16(10-14)18-2/h3-6,9-11,17H,7-8H2,1-2H3. The van der Waals surface area contributed by atoms with Gasteiger partial charge in [0, 0.05) is 6.07 Å². The van der Waals surface area contributed by atoms with Crippen molar-refractivity contribution in [1.82, 2.24) is 0 Å². The van der Waals surface area contributed by atoms with Crippen molar-refractivity contribution in [2.45, 2.75) is 19.8 Å². The summed E-state index contributed by atoms with van der Waals surface area (Å²) in [5.41, 5.74) is 3.67. The molecule has 0 spiro atoms. The van der Waals surface area contributed by atoms with Crippen LogP contribution in [0, 0.1) is 6.92 Å². The fraction of sp³-hybridized carbons (Fsp3) is 0.250. The highest BCUT2D eigenvalue weighted by molar-refractivity contribution is 5.38. The number of phenolic OH excluding ortho intramolecular Hbond substituents is 1. The summed E-state index contributed by atoms with van der Waals surface area (Å²) in [5.74, 6) is 0.960. The molecule has 0 aliphatic carbocycles. The van der Waals surface area contributed by atoms with Crippen LogP contribution in [0.3, 0.4) is 0 Å². The van der Waals surface area contributed by atoms with E-state index < -0.39 is 0 Å². The minimum atomic E-state index is 0.258. The monoisotopic (exact) mass is 242 g/mol. The third-order valence-corrected chi connectivity index (χ3v) is 3.01. The smallest absolute Gasteiger partial charge is 0.122 e. The van der Waals surface area contributed by atoms with Crippen molar-refractivity contribution in [3.63, 3.8) is 0 Å². The average Bonchev–Trinajstić information content (AvgIpc) is 2.37. The highest BCUT2D eigenvalue weighted by Crippen LogP contribution is 2.22. The van der Waals surface area contributed by atoms with Crippen molar-refractivity contribution in [2.75, 3.05) is 7.11 Å². The summed E-state index contributed by atoms with van der Waals surface area (Å²) in [6, 6.07) is 13.9. The Balaban J connectivity index is 2.05. The number of aryl methyl sites for hydroxylation is 3. The van der Waals surface area contributed by atoms with E-state index in [0.717, 1.165) is 18.4 Å². The zero-order chi connectivity index (χ0) is 13.0. The molecule has 0 unspecified atom stereocenters. The molecule has 0 aliphatic heterocycles. The SMILES string of the molecule is COc1cc(O)cc(CCc2ccc(C)cc2)c1. The average molecular weight is 242 g/mol. The summed E-state index contributed by atoms with van der Waals surface area (Å²) >= 11 is 0. The molecular weight excluding hydrogens is 224 g/mol. The summed E-state index contributed by atoms with van der Waals surface area (Å²) in [4.78, 5) is 0. The largest absolute Gasteiger partial charge is 0.508 e. The van der Waals surface area contributed by atoms with Crippen LogP contribution >= 0.6 is 0 Å². The fourth-order valence-electron chi connectivity index (χ4n) is 1.95. The predicted octanol–water partition coefficient (Wildman–Crippen LogP) is 3.49. The van der Waals surface area contributed by atoms with E-state index in [-0.39, 0.29) is 5.75 Å². The topological polar surface area (TPSA) is 29.5 Å². The second-order valence-corrected chi connectivity index (χ2v) is 4.52. The summed E-state index contributed by atoms with van der Waals surface area (Å²) < 4.78 is 5.14. The number of rotatable bonds is 4. The number of hydrogen-bond donors (Lipinski definition) is 1. The molecule has 0 bridgehead atoms. The molecule has 0 atom stereocenters. The van der Waals surface area contributed by atoms with Crippen LogP contribution in [0.2, 0.25) is 0 Å². The van der Waals surface area contributed by atoms with Gasteiger partial charge in [0.2, 0.25) is 0 Å². The highest BCUT2D eigenvalue weighted by atomic mass is 16.5. The van der Waals surface area contributed by atoms with E-state index in [1.807, 2.05) is 6.07 Å². The van der Waals surface area contributed by atoms with Gasteiger partial charge >= 0.3 is 0 Å². The van der Waals surface area contributed by atoms with Gasteiger partial charge in [-0.15, -0.1) is 0 Å². The Morgan fingerprint density at radius 3 is 2.28 bits per heavy atom. The summed E-state index contributed by atoms with van der Waals surface area (Å²) in [7, 11) is 1.61. The van der Waals surface area contributed by atoms with Crippen molar-refractivity contribution in [3.8, 4) is 11.5 Å². The third kappa shape index (κ3) is 3.27. The zero-order valence-electron chi connectivity index (χ0n) is 10.8. The molecule has 2 rings (SSSR count). The van der Waals surface area contributed by atoms with E-state index in [1.54, 1.807) is 19.2 Å². The molecule has 18 heavy (non-hydrogen) atoms. The second-order valence-electron chi connectivity index (χ2n) is 4.52. The van der Waals surface area contributed by atoms with Crippen LogP contribution in [0.1, 0.15) is 16.7 Å². The van der Waals surface area contributed by atoms with E-state index in [4.69, 9.17) is 4.74 Å². The number of aromatic hydroxyl groups is 1.